The highest BCUT2D eigenvalue weighted by atomic mass is 35.5. The number of fused-ring (bicyclic) bond motifs is 1. The number of thioether (sulfide) groups is 1. The summed E-state index contributed by atoms with van der Waals surface area (Å²) < 4.78 is 5.76. The molecule has 1 fully saturated rings. The second-order valence-corrected chi connectivity index (χ2v) is 6.31. The average Bonchev–Trinajstić information content (AvgIpc) is 2.86. The summed E-state index contributed by atoms with van der Waals surface area (Å²) in [5, 5.41) is 12.4. The third kappa shape index (κ3) is 1.68. The Labute approximate surface area is 109 Å². The number of hydrogen-bond donors (Lipinski definition) is 1. The van der Waals surface area contributed by atoms with Crippen LogP contribution in [0.1, 0.15) is 19.1 Å². The summed E-state index contributed by atoms with van der Waals surface area (Å²) in [5.74, 6) is 1.60. The Morgan fingerprint density at radius 3 is 3.00 bits per heavy atom. The van der Waals surface area contributed by atoms with Crippen molar-refractivity contribution in [1.29, 1.82) is 0 Å². The zero-order valence-electron chi connectivity index (χ0n) is 9.44. The Balaban J connectivity index is 2.15. The molecule has 0 radical (unpaired) electrons. The lowest BCUT2D eigenvalue weighted by atomic mass is 9.94. The monoisotopic (exact) mass is 268 g/mol. The SMILES string of the molecule is CC1SCCC1(O)c1cc2cccc(Cl)c2o1. The number of halogens is 1. The lowest BCUT2D eigenvalue weighted by Gasteiger charge is -2.23. The van der Waals surface area contributed by atoms with Gasteiger partial charge in [-0.15, -0.1) is 0 Å². The normalized spacial score (nSPS) is 29.0. The van der Waals surface area contributed by atoms with E-state index in [1.807, 2.05) is 25.1 Å². The molecule has 0 saturated carbocycles. The summed E-state index contributed by atoms with van der Waals surface area (Å²) in [4.78, 5) is 0. The maximum absolute atomic E-state index is 10.7. The Hall–Kier alpha value is -0.640. The number of furan rings is 1. The van der Waals surface area contributed by atoms with Crippen LogP contribution in [0.5, 0.6) is 0 Å². The second kappa shape index (κ2) is 3.94. The fourth-order valence-corrected chi connectivity index (χ4v) is 3.81. The van der Waals surface area contributed by atoms with Gasteiger partial charge in [-0.1, -0.05) is 30.7 Å². The molecule has 1 aliphatic rings. The van der Waals surface area contributed by atoms with E-state index >= 15 is 0 Å². The highest BCUT2D eigenvalue weighted by molar-refractivity contribution is 8.00. The number of benzene rings is 1. The van der Waals surface area contributed by atoms with Crippen molar-refractivity contribution < 1.29 is 9.52 Å². The van der Waals surface area contributed by atoms with Crippen LogP contribution in [-0.2, 0) is 5.60 Å². The topological polar surface area (TPSA) is 33.4 Å². The van der Waals surface area contributed by atoms with Gasteiger partial charge in [-0.25, -0.2) is 0 Å². The molecule has 17 heavy (non-hydrogen) atoms. The van der Waals surface area contributed by atoms with Crippen molar-refractivity contribution in [3.8, 4) is 0 Å². The van der Waals surface area contributed by atoms with Crippen molar-refractivity contribution in [2.24, 2.45) is 0 Å². The van der Waals surface area contributed by atoms with Crippen molar-refractivity contribution in [3.05, 3.63) is 35.0 Å². The Morgan fingerprint density at radius 2 is 2.35 bits per heavy atom. The van der Waals surface area contributed by atoms with Gasteiger partial charge in [0, 0.05) is 10.6 Å². The number of aliphatic hydroxyl groups is 1. The van der Waals surface area contributed by atoms with Crippen molar-refractivity contribution in [1.82, 2.24) is 0 Å². The third-order valence-corrected chi connectivity index (χ3v) is 5.07. The standard InChI is InChI=1S/C13H13ClO2S/c1-8-13(15,5-6-17-8)11-7-9-3-2-4-10(14)12(9)16-11/h2-4,7-8,15H,5-6H2,1H3. The summed E-state index contributed by atoms with van der Waals surface area (Å²) in [6.45, 7) is 2.03. The molecule has 2 nitrogen and oxygen atoms in total. The minimum absolute atomic E-state index is 0.154. The zero-order valence-corrected chi connectivity index (χ0v) is 11.0. The molecule has 4 heteroatoms. The van der Waals surface area contributed by atoms with Gasteiger partial charge in [0.25, 0.3) is 0 Å². The molecule has 0 bridgehead atoms. The van der Waals surface area contributed by atoms with E-state index in [1.165, 1.54) is 0 Å². The molecule has 1 aromatic carbocycles. The average molecular weight is 269 g/mol. The van der Waals surface area contributed by atoms with Crippen LogP contribution in [0.25, 0.3) is 11.0 Å². The van der Waals surface area contributed by atoms with Gasteiger partial charge in [-0.2, -0.15) is 11.8 Å². The van der Waals surface area contributed by atoms with Gasteiger partial charge in [-0.3, -0.25) is 0 Å². The predicted molar refractivity (Wildman–Crippen MR) is 71.7 cm³/mol. The van der Waals surface area contributed by atoms with E-state index in [-0.39, 0.29) is 5.25 Å². The van der Waals surface area contributed by atoms with Crippen LogP contribution >= 0.6 is 23.4 Å². The molecule has 1 aromatic heterocycles. The molecule has 90 valence electrons. The summed E-state index contributed by atoms with van der Waals surface area (Å²) in [6.07, 6.45) is 0.732. The zero-order chi connectivity index (χ0) is 12.0. The van der Waals surface area contributed by atoms with Crippen molar-refractivity contribution >= 4 is 34.3 Å². The van der Waals surface area contributed by atoms with E-state index in [2.05, 4.69) is 0 Å². The highest BCUT2D eigenvalue weighted by Crippen LogP contribution is 2.45. The first-order valence-corrected chi connectivity index (χ1v) is 7.06. The lowest BCUT2D eigenvalue weighted by molar-refractivity contribution is 0.0220. The minimum atomic E-state index is -0.854. The van der Waals surface area contributed by atoms with E-state index in [1.54, 1.807) is 17.8 Å². The van der Waals surface area contributed by atoms with Crippen LogP contribution in [0, 0.1) is 0 Å². The molecule has 2 aromatic rings. The van der Waals surface area contributed by atoms with Crippen LogP contribution in [0.3, 0.4) is 0 Å². The summed E-state index contributed by atoms with van der Waals surface area (Å²) in [7, 11) is 0. The predicted octanol–water partition coefficient (Wildman–Crippen LogP) is 3.80. The van der Waals surface area contributed by atoms with E-state index in [0.717, 1.165) is 17.6 Å². The molecule has 2 atom stereocenters. The molecule has 0 aliphatic carbocycles. The molecule has 2 heterocycles. The van der Waals surface area contributed by atoms with Gasteiger partial charge in [0.2, 0.25) is 0 Å². The molecule has 1 aliphatic heterocycles. The molecular formula is C13H13ClO2S. The van der Waals surface area contributed by atoms with Gasteiger partial charge >= 0.3 is 0 Å². The maximum Gasteiger partial charge on any atom is 0.153 e. The smallest absolute Gasteiger partial charge is 0.153 e. The van der Waals surface area contributed by atoms with Crippen molar-refractivity contribution in [2.45, 2.75) is 24.2 Å². The molecule has 2 unspecified atom stereocenters. The minimum Gasteiger partial charge on any atom is -0.456 e. The van der Waals surface area contributed by atoms with Gasteiger partial charge in [0.15, 0.2) is 5.58 Å². The van der Waals surface area contributed by atoms with Crippen LogP contribution in [0.2, 0.25) is 5.02 Å². The Morgan fingerprint density at radius 1 is 1.53 bits per heavy atom. The first-order chi connectivity index (χ1) is 8.11. The maximum atomic E-state index is 10.7. The van der Waals surface area contributed by atoms with Crippen molar-refractivity contribution in [2.75, 3.05) is 5.75 Å². The molecule has 1 saturated heterocycles. The van der Waals surface area contributed by atoms with Gasteiger partial charge in [0.1, 0.15) is 11.4 Å². The first kappa shape index (κ1) is 11.5. The second-order valence-electron chi connectivity index (χ2n) is 4.46. The first-order valence-electron chi connectivity index (χ1n) is 5.64. The van der Waals surface area contributed by atoms with E-state index in [9.17, 15) is 5.11 Å². The molecular weight excluding hydrogens is 256 g/mol. The van der Waals surface area contributed by atoms with Crippen LogP contribution < -0.4 is 0 Å². The van der Waals surface area contributed by atoms with Crippen LogP contribution in [0.15, 0.2) is 28.7 Å². The largest absolute Gasteiger partial charge is 0.456 e. The van der Waals surface area contributed by atoms with E-state index in [4.69, 9.17) is 16.0 Å². The molecule has 0 amide bonds. The van der Waals surface area contributed by atoms with Gasteiger partial charge < -0.3 is 9.52 Å². The summed E-state index contributed by atoms with van der Waals surface area (Å²) >= 11 is 7.85. The van der Waals surface area contributed by atoms with E-state index < -0.39 is 5.60 Å². The number of para-hydroxylation sites is 1. The molecule has 0 spiro atoms. The fourth-order valence-electron chi connectivity index (χ4n) is 2.30. The Bertz CT molecular complexity index is 566. The summed E-state index contributed by atoms with van der Waals surface area (Å²) in [6, 6.07) is 7.54. The molecule has 1 N–H and O–H groups in total. The Kier molecular flexibility index (Phi) is 2.65. The lowest BCUT2D eigenvalue weighted by Crippen LogP contribution is -2.30. The van der Waals surface area contributed by atoms with Crippen LogP contribution in [-0.4, -0.2) is 16.1 Å². The van der Waals surface area contributed by atoms with Crippen LogP contribution in [0.4, 0.5) is 0 Å². The van der Waals surface area contributed by atoms with E-state index in [0.29, 0.717) is 16.4 Å². The quantitative estimate of drug-likeness (QED) is 0.854. The third-order valence-electron chi connectivity index (χ3n) is 3.45. The van der Waals surface area contributed by atoms with Gasteiger partial charge in [-0.05, 0) is 24.3 Å². The number of hydrogen-bond acceptors (Lipinski definition) is 3. The highest BCUT2D eigenvalue weighted by Gasteiger charge is 2.43. The van der Waals surface area contributed by atoms with Crippen molar-refractivity contribution in [3.63, 3.8) is 0 Å². The van der Waals surface area contributed by atoms with Gasteiger partial charge in [0.05, 0.1) is 5.02 Å². The molecule has 3 rings (SSSR count). The summed E-state index contributed by atoms with van der Waals surface area (Å²) in [5.41, 5.74) is -0.186. The number of rotatable bonds is 1. The fraction of sp³-hybridized carbons (Fsp3) is 0.385.